The average molecular weight is 432 g/mol. The molecule has 0 aliphatic carbocycles. The highest BCUT2D eigenvalue weighted by molar-refractivity contribution is 7.99. The van der Waals surface area contributed by atoms with Crippen LogP contribution in [0.15, 0.2) is 94.9 Å². The molecule has 1 heterocycles. The highest BCUT2D eigenvalue weighted by Crippen LogP contribution is 2.35. The fraction of sp³-hybridized carbons (Fsp3) is 0. The van der Waals surface area contributed by atoms with E-state index in [0.717, 1.165) is 26.7 Å². The van der Waals surface area contributed by atoms with Gasteiger partial charge >= 0.3 is 0 Å². The zero-order chi connectivity index (χ0) is 20.5. The van der Waals surface area contributed by atoms with E-state index in [1.165, 1.54) is 23.9 Å². The molecule has 0 radical (unpaired) electrons. The molecule has 1 N–H and O–H groups in total. The second-order valence-electron chi connectivity index (χ2n) is 6.76. The molecule has 0 aliphatic rings. The molecule has 4 aromatic carbocycles. The number of halogens is 2. The maximum absolute atomic E-state index is 13.7. The Morgan fingerprint density at radius 2 is 1.50 bits per heavy atom. The van der Waals surface area contributed by atoms with Crippen molar-refractivity contribution in [2.75, 3.05) is 5.32 Å². The third-order valence-electron chi connectivity index (χ3n) is 4.60. The van der Waals surface area contributed by atoms with Crippen LogP contribution in [0.5, 0.6) is 0 Å². The third kappa shape index (κ3) is 3.95. The van der Waals surface area contributed by atoms with E-state index in [-0.39, 0.29) is 5.82 Å². The number of anilines is 2. The first kappa shape index (κ1) is 18.9. The third-order valence-corrected chi connectivity index (χ3v) is 5.80. The predicted octanol–water partition coefficient (Wildman–Crippen LogP) is 7.47. The Morgan fingerprint density at radius 3 is 2.23 bits per heavy atom. The molecule has 0 atom stereocenters. The van der Waals surface area contributed by atoms with E-state index >= 15 is 0 Å². The lowest BCUT2D eigenvalue weighted by atomic mass is 10.1. The summed E-state index contributed by atoms with van der Waals surface area (Å²) in [5, 5.41) is 6.75. The first-order chi connectivity index (χ1) is 14.6. The van der Waals surface area contributed by atoms with Crippen LogP contribution in [0.4, 0.5) is 15.9 Å². The van der Waals surface area contributed by atoms with Crippen LogP contribution < -0.4 is 5.32 Å². The van der Waals surface area contributed by atoms with Crippen molar-refractivity contribution in [3.8, 4) is 0 Å². The predicted molar refractivity (Wildman–Crippen MR) is 122 cm³/mol. The molecule has 0 amide bonds. The van der Waals surface area contributed by atoms with Gasteiger partial charge in [-0.3, -0.25) is 0 Å². The molecule has 5 aromatic rings. The summed E-state index contributed by atoms with van der Waals surface area (Å²) in [4.78, 5) is 10.6. The number of benzene rings is 4. The van der Waals surface area contributed by atoms with E-state index in [1.54, 1.807) is 12.1 Å². The Hall–Kier alpha value is -3.15. The first-order valence-electron chi connectivity index (χ1n) is 9.31. The van der Waals surface area contributed by atoms with Crippen LogP contribution in [-0.4, -0.2) is 9.97 Å². The van der Waals surface area contributed by atoms with Crippen molar-refractivity contribution in [1.82, 2.24) is 9.97 Å². The molecule has 0 spiro atoms. The molecule has 3 nitrogen and oxygen atoms in total. The van der Waals surface area contributed by atoms with E-state index in [4.69, 9.17) is 21.6 Å². The van der Waals surface area contributed by atoms with E-state index in [9.17, 15) is 4.39 Å². The quantitative estimate of drug-likeness (QED) is 0.299. The van der Waals surface area contributed by atoms with Crippen molar-refractivity contribution in [2.24, 2.45) is 0 Å². The van der Waals surface area contributed by atoms with Gasteiger partial charge in [-0.05, 0) is 59.3 Å². The first-order valence-corrected chi connectivity index (χ1v) is 10.5. The van der Waals surface area contributed by atoms with Gasteiger partial charge in [0, 0.05) is 15.6 Å². The molecule has 0 saturated carbocycles. The van der Waals surface area contributed by atoms with Crippen molar-refractivity contribution < 1.29 is 4.39 Å². The molecule has 1 aromatic heterocycles. The molecule has 0 bridgehead atoms. The van der Waals surface area contributed by atoms with Gasteiger partial charge in [0.1, 0.15) is 10.8 Å². The number of nitrogens with one attached hydrogen (secondary N) is 1. The van der Waals surface area contributed by atoms with Crippen LogP contribution in [-0.2, 0) is 0 Å². The molecule has 0 saturated heterocycles. The fourth-order valence-electron chi connectivity index (χ4n) is 3.22. The van der Waals surface area contributed by atoms with Gasteiger partial charge in [0.25, 0.3) is 0 Å². The molecule has 5 rings (SSSR count). The number of fused-ring (bicyclic) bond motifs is 2. The lowest BCUT2D eigenvalue weighted by Crippen LogP contribution is -1.99. The number of hydrogen-bond donors (Lipinski definition) is 1. The minimum absolute atomic E-state index is 0.316. The van der Waals surface area contributed by atoms with Crippen molar-refractivity contribution in [1.29, 1.82) is 0 Å². The fourth-order valence-corrected chi connectivity index (χ4v) is 4.37. The molecule has 0 unspecified atom stereocenters. The Kier molecular flexibility index (Phi) is 4.99. The smallest absolute Gasteiger partial charge is 0.164 e. The van der Waals surface area contributed by atoms with Crippen molar-refractivity contribution in [2.45, 2.75) is 9.92 Å². The van der Waals surface area contributed by atoms with Crippen molar-refractivity contribution >= 4 is 56.7 Å². The van der Waals surface area contributed by atoms with Crippen LogP contribution in [0.25, 0.3) is 21.8 Å². The van der Waals surface area contributed by atoms with Crippen LogP contribution in [0.3, 0.4) is 0 Å². The Labute approximate surface area is 181 Å². The van der Waals surface area contributed by atoms with E-state index in [0.29, 0.717) is 21.6 Å². The monoisotopic (exact) mass is 431 g/mol. The Balaban J connectivity index is 1.65. The van der Waals surface area contributed by atoms with Gasteiger partial charge in [0.2, 0.25) is 0 Å². The van der Waals surface area contributed by atoms with Gasteiger partial charge in [-0.1, -0.05) is 59.8 Å². The minimum Gasteiger partial charge on any atom is -0.338 e. The summed E-state index contributed by atoms with van der Waals surface area (Å²) in [7, 11) is 0. The van der Waals surface area contributed by atoms with Gasteiger partial charge in [-0.15, -0.1) is 0 Å². The maximum Gasteiger partial charge on any atom is 0.164 e. The van der Waals surface area contributed by atoms with Crippen LogP contribution in [0, 0.1) is 5.82 Å². The maximum atomic E-state index is 13.7. The van der Waals surface area contributed by atoms with Gasteiger partial charge in [0.15, 0.2) is 5.82 Å². The normalized spacial score (nSPS) is 11.1. The standard InChI is InChI=1S/C24H15ClFN3S/c25-17-7-3-10-20(13-17)30-24-23(27-19-9-4-8-18(26)14-19)28-21-11-15-5-1-2-6-16(15)12-22(21)29-24/h1-14H,(H,27,28). The lowest BCUT2D eigenvalue weighted by molar-refractivity contribution is 0.628. The number of aromatic nitrogens is 2. The molecule has 146 valence electrons. The van der Waals surface area contributed by atoms with Gasteiger partial charge < -0.3 is 5.32 Å². The molecule has 30 heavy (non-hydrogen) atoms. The summed E-state index contributed by atoms with van der Waals surface area (Å²) >= 11 is 7.61. The second kappa shape index (κ2) is 7.94. The zero-order valence-corrected chi connectivity index (χ0v) is 17.2. The van der Waals surface area contributed by atoms with Gasteiger partial charge in [-0.25, -0.2) is 14.4 Å². The van der Waals surface area contributed by atoms with Crippen LogP contribution in [0.2, 0.25) is 5.02 Å². The van der Waals surface area contributed by atoms with Gasteiger partial charge in [0.05, 0.1) is 11.0 Å². The largest absolute Gasteiger partial charge is 0.338 e. The minimum atomic E-state index is -0.316. The van der Waals surface area contributed by atoms with Crippen molar-refractivity contribution in [3.05, 3.63) is 95.8 Å². The summed E-state index contributed by atoms with van der Waals surface area (Å²) in [6, 6.07) is 26.0. The van der Waals surface area contributed by atoms with E-state index in [2.05, 4.69) is 11.4 Å². The van der Waals surface area contributed by atoms with Crippen LogP contribution in [0.1, 0.15) is 0 Å². The Bertz CT molecular complexity index is 1280. The summed E-state index contributed by atoms with van der Waals surface area (Å²) in [6.45, 7) is 0. The molecular weight excluding hydrogens is 417 g/mol. The molecule has 0 fully saturated rings. The summed E-state index contributed by atoms with van der Waals surface area (Å²) < 4.78 is 13.7. The summed E-state index contributed by atoms with van der Waals surface area (Å²) in [5.41, 5.74) is 2.17. The number of rotatable bonds is 4. The summed E-state index contributed by atoms with van der Waals surface area (Å²) in [5.74, 6) is 0.247. The zero-order valence-electron chi connectivity index (χ0n) is 15.6. The van der Waals surface area contributed by atoms with E-state index in [1.807, 2.05) is 54.6 Å². The number of hydrogen-bond acceptors (Lipinski definition) is 4. The van der Waals surface area contributed by atoms with Gasteiger partial charge in [-0.2, -0.15) is 0 Å². The highest BCUT2D eigenvalue weighted by atomic mass is 35.5. The average Bonchev–Trinajstić information content (AvgIpc) is 2.73. The Morgan fingerprint density at radius 1 is 0.767 bits per heavy atom. The van der Waals surface area contributed by atoms with Crippen LogP contribution >= 0.6 is 23.4 Å². The van der Waals surface area contributed by atoms with E-state index < -0.39 is 0 Å². The highest BCUT2D eigenvalue weighted by Gasteiger charge is 2.13. The topological polar surface area (TPSA) is 37.8 Å². The molecule has 6 heteroatoms. The molecular formula is C24H15ClFN3S. The molecule has 0 aliphatic heterocycles. The lowest BCUT2D eigenvalue weighted by Gasteiger charge is -2.12. The second-order valence-corrected chi connectivity index (χ2v) is 8.26. The SMILES string of the molecule is Fc1cccc(Nc2nc3cc4ccccc4cc3nc2Sc2cccc(Cl)c2)c1. The summed E-state index contributed by atoms with van der Waals surface area (Å²) in [6.07, 6.45) is 0. The number of nitrogens with zero attached hydrogens (tertiary/aromatic N) is 2. The van der Waals surface area contributed by atoms with Crippen molar-refractivity contribution in [3.63, 3.8) is 0 Å².